The van der Waals surface area contributed by atoms with Crippen molar-refractivity contribution < 1.29 is 4.79 Å². The summed E-state index contributed by atoms with van der Waals surface area (Å²) in [6.07, 6.45) is 8.21. The van der Waals surface area contributed by atoms with Gasteiger partial charge in [-0.2, -0.15) is 0 Å². The minimum absolute atomic E-state index is 0.123. The SMILES string of the molecule is C=CCN1C(=O)CC2(C)CCCC=C12. The molecule has 0 aromatic heterocycles. The van der Waals surface area contributed by atoms with Gasteiger partial charge in [0, 0.05) is 24.1 Å². The predicted octanol–water partition coefficient (Wildman–Crippen LogP) is 2.48. The van der Waals surface area contributed by atoms with Crippen molar-refractivity contribution in [2.24, 2.45) is 5.41 Å². The average Bonchev–Trinajstić information content (AvgIpc) is 2.39. The molecule has 0 spiro atoms. The largest absolute Gasteiger partial charge is 0.312 e. The summed E-state index contributed by atoms with van der Waals surface area (Å²) >= 11 is 0. The van der Waals surface area contributed by atoms with Gasteiger partial charge in [-0.1, -0.05) is 19.1 Å². The Balaban J connectivity index is 2.31. The Morgan fingerprint density at radius 3 is 3.21 bits per heavy atom. The second kappa shape index (κ2) is 3.26. The lowest BCUT2D eigenvalue weighted by atomic mass is 9.77. The number of fused-ring (bicyclic) bond motifs is 1. The number of allylic oxidation sites excluding steroid dienone is 2. The molecule has 0 aromatic carbocycles. The van der Waals surface area contributed by atoms with E-state index in [0.717, 1.165) is 12.8 Å². The molecular weight excluding hydrogens is 174 g/mol. The van der Waals surface area contributed by atoms with Gasteiger partial charge in [0.05, 0.1) is 0 Å². The average molecular weight is 191 g/mol. The smallest absolute Gasteiger partial charge is 0.227 e. The van der Waals surface area contributed by atoms with Gasteiger partial charge in [-0.3, -0.25) is 4.79 Å². The van der Waals surface area contributed by atoms with E-state index in [0.29, 0.717) is 13.0 Å². The number of likely N-dealkylation sites (tertiary alicyclic amines) is 1. The summed E-state index contributed by atoms with van der Waals surface area (Å²) in [5.74, 6) is 0.264. The van der Waals surface area contributed by atoms with Crippen molar-refractivity contribution in [3.05, 3.63) is 24.4 Å². The molecule has 1 unspecified atom stereocenters. The maximum absolute atomic E-state index is 11.8. The van der Waals surface area contributed by atoms with E-state index in [1.807, 2.05) is 4.90 Å². The first kappa shape index (κ1) is 9.50. The molecule has 14 heavy (non-hydrogen) atoms. The van der Waals surface area contributed by atoms with Gasteiger partial charge < -0.3 is 4.90 Å². The normalized spacial score (nSPS) is 31.4. The second-order valence-corrected chi connectivity index (χ2v) is 4.51. The molecule has 1 atom stereocenters. The fraction of sp³-hybridized carbons (Fsp3) is 0.583. The van der Waals surface area contributed by atoms with Crippen LogP contribution in [0.1, 0.15) is 32.6 Å². The molecule has 0 radical (unpaired) electrons. The van der Waals surface area contributed by atoms with E-state index in [-0.39, 0.29) is 11.3 Å². The predicted molar refractivity (Wildman–Crippen MR) is 56.6 cm³/mol. The minimum atomic E-state index is 0.123. The Morgan fingerprint density at radius 2 is 2.50 bits per heavy atom. The lowest BCUT2D eigenvalue weighted by molar-refractivity contribution is -0.126. The fourth-order valence-electron chi connectivity index (χ4n) is 2.61. The molecule has 1 saturated heterocycles. The second-order valence-electron chi connectivity index (χ2n) is 4.51. The molecule has 2 heteroatoms. The van der Waals surface area contributed by atoms with E-state index in [1.165, 1.54) is 12.1 Å². The monoisotopic (exact) mass is 191 g/mol. The lowest BCUT2D eigenvalue weighted by Gasteiger charge is -2.30. The summed E-state index contributed by atoms with van der Waals surface area (Å²) in [5.41, 5.74) is 1.37. The molecule has 0 saturated carbocycles. The van der Waals surface area contributed by atoms with Crippen molar-refractivity contribution in [1.82, 2.24) is 4.90 Å². The van der Waals surface area contributed by atoms with Gasteiger partial charge in [0.15, 0.2) is 0 Å². The maximum atomic E-state index is 11.8. The van der Waals surface area contributed by atoms with Crippen LogP contribution >= 0.6 is 0 Å². The first-order valence-electron chi connectivity index (χ1n) is 5.29. The Bertz CT molecular complexity index is 305. The van der Waals surface area contributed by atoms with E-state index in [9.17, 15) is 4.79 Å². The van der Waals surface area contributed by atoms with Crippen molar-refractivity contribution in [2.75, 3.05) is 6.54 Å². The van der Waals surface area contributed by atoms with E-state index in [2.05, 4.69) is 19.6 Å². The number of carbonyl (C=O) groups is 1. The zero-order valence-corrected chi connectivity index (χ0v) is 8.75. The highest BCUT2D eigenvalue weighted by Crippen LogP contribution is 2.47. The van der Waals surface area contributed by atoms with Crippen molar-refractivity contribution in [3.8, 4) is 0 Å². The van der Waals surface area contributed by atoms with Gasteiger partial charge in [0.25, 0.3) is 0 Å². The van der Waals surface area contributed by atoms with Gasteiger partial charge in [-0.25, -0.2) is 0 Å². The number of carbonyl (C=O) groups excluding carboxylic acids is 1. The standard InChI is InChI=1S/C12H17NO/c1-3-8-13-10-6-4-5-7-12(10,2)9-11(13)14/h3,6H,1,4-5,7-9H2,2H3. The van der Waals surface area contributed by atoms with Crippen LogP contribution in [0.2, 0.25) is 0 Å². The van der Waals surface area contributed by atoms with E-state index >= 15 is 0 Å². The van der Waals surface area contributed by atoms with E-state index in [1.54, 1.807) is 6.08 Å². The summed E-state index contributed by atoms with van der Waals surface area (Å²) in [5, 5.41) is 0. The summed E-state index contributed by atoms with van der Waals surface area (Å²) in [7, 11) is 0. The quantitative estimate of drug-likeness (QED) is 0.614. The number of nitrogens with zero attached hydrogens (tertiary/aromatic N) is 1. The van der Waals surface area contributed by atoms with Crippen LogP contribution in [-0.4, -0.2) is 17.4 Å². The molecule has 76 valence electrons. The van der Waals surface area contributed by atoms with E-state index < -0.39 is 0 Å². The third kappa shape index (κ3) is 1.29. The number of amides is 1. The lowest BCUT2D eigenvalue weighted by Crippen LogP contribution is -2.26. The zero-order valence-electron chi connectivity index (χ0n) is 8.75. The molecule has 0 aromatic rings. The van der Waals surface area contributed by atoms with Crippen LogP contribution in [0.15, 0.2) is 24.4 Å². The third-order valence-corrected chi connectivity index (χ3v) is 3.33. The summed E-state index contributed by atoms with van der Waals surface area (Å²) < 4.78 is 0. The fourth-order valence-corrected chi connectivity index (χ4v) is 2.61. The highest BCUT2D eigenvalue weighted by Gasteiger charge is 2.44. The molecule has 2 aliphatic rings. The number of hydrogen-bond donors (Lipinski definition) is 0. The molecule has 1 aliphatic heterocycles. The van der Waals surface area contributed by atoms with E-state index in [4.69, 9.17) is 0 Å². The summed E-state index contributed by atoms with van der Waals surface area (Å²) in [4.78, 5) is 13.7. The minimum Gasteiger partial charge on any atom is -0.312 e. The highest BCUT2D eigenvalue weighted by atomic mass is 16.2. The third-order valence-electron chi connectivity index (χ3n) is 3.33. The first-order valence-corrected chi connectivity index (χ1v) is 5.29. The first-order chi connectivity index (χ1) is 6.67. The Labute approximate surface area is 85.3 Å². The van der Waals surface area contributed by atoms with Crippen LogP contribution in [0.3, 0.4) is 0 Å². The van der Waals surface area contributed by atoms with Crippen molar-refractivity contribution in [3.63, 3.8) is 0 Å². The molecule has 2 nitrogen and oxygen atoms in total. The van der Waals surface area contributed by atoms with Gasteiger partial charge in [-0.05, 0) is 19.3 Å². The number of hydrogen-bond acceptors (Lipinski definition) is 1. The van der Waals surface area contributed by atoms with Crippen molar-refractivity contribution in [1.29, 1.82) is 0 Å². The van der Waals surface area contributed by atoms with Gasteiger partial charge in [-0.15, -0.1) is 6.58 Å². The topological polar surface area (TPSA) is 20.3 Å². The molecule has 1 heterocycles. The van der Waals surface area contributed by atoms with Crippen LogP contribution < -0.4 is 0 Å². The van der Waals surface area contributed by atoms with Gasteiger partial charge >= 0.3 is 0 Å². The highest BCUT2D eigenvalue weighted by molar-refractivity contribution is 5.83. The van der Waals surface area contributed by atoms with Crippen LogP contribution in [0.5, 0.6) is 0 Å². The Hall–Kier alpha value is -1.05. The van der Waals surface area contributed by atoms with Crippen LogP contribution in [0, 0.1) is 5.41 Å². The Morgan fingerprint density at radius 1 is 1.71 bits per heavy atom. The van der Waals surface area contributed by atoms with Crippen LogP contribution in [0.25, 0.3) is 0 Å². The molecular formula is C12H17NO. The maximum Gasteiger partial charge on any atom is 0.227 e. The molecule has 1 fully saturated rings. The molecule has 1 aliphatic carbocycles. The molecule has 0 N–H and O–H groups in total. The molecule has 2 rings (SSSR count). The summed E-state index contributed by atoms with van der Waals surface area (Å²) in [6.45, 7) is 6.57. The molecule has 1 amide bonds. The molecule has 0 bridgehead atoms. The van der Waals surface area contributed by atoms with Gasteiger partial charge in [0.1, 0.15) is 0 Å². The van der Waals surface area contributed by atoms with Gasteiger partial charge in [0.2, 0.25) is 5.91 Å². The van der Waals surface area contributed by atoms with Crippen molar-refractivity contribution >= 4 is 5.91 Å². The zero-order chi connectivity index (χ0) is 10.2. The number of rotatable bonds is 2. The summed E-state index contributed by atoms with van der Waals surface area (Å²) in [6, 6.07) is 0. The van der Waals surface area contributed by atoms with Crippen LogP contribution in [-0.2, 0) is 4.79 Å². The van der Waals surface area contributed by atoms with Crippen molar-refractivity contribution in [2.45, 2.75) is 32.6 Å². The van der Waals surface area contributed by atoms with Crippen LogP contribution in [0.4, 0.5) is 0 Å². The Kier molecular flexibility index (Phi) is 2.22.